The van der Waals surface area contributed by atoms with Crippen LogP contribution in [0.4, 0.5) is 0 Å². The molecule has 0 amide bonds. The van der Waals surface area contributed by atoms with Crippen LogP contribution < -0.4 is 5.69 Å². The number of hydrogen-bond donors (Lipinski definition) is 2. The summed E-state index contributed by atoms with van der Waals surface area (Å²) in [6.45, 7) is 0. The van der Waals surface area contributed by atoms with Gasteiger partial charge in [0.2, 0.25) is 0 Å². The van der Waals surface area contributed by atoms with Gasteiger partial charge >= 0.3 is 5.69 Å². The van der Waals surface area contributed by atoms with E-state index in [0.29, 0.717) is 0 Å². The summed E-state index contributed by atoms with van der Waals surface area (Å²) >= 11 is 7.10. The monoisotopic (exact) mass is 370 g/mol. The first-order chi connectivity index (χ1) is 8.65. The molecule has 2 N–H and O–H groups in total. The average molecular weight is 372 g/mol. The number of fused-ring (bicyclic) bond motifs is 1. The van der Waals surface area contributed by atoms with E-state index in [2.05, 4.69) is 41.8 Å². The number of imidazole rings is 1. The molecular weight excluding hydrogens is 364 g/mol. The van der Waals surface area contributed by atoms with Crippen molar-refractivity contribution in [3.63, 3.8) is 0 Å². The predicted molar refractivity (Wildman–Crippen MR) is 76.1 cm³/mol. The van der Waals surface area contributed by atoms with Gasteiger partial charge < -0.3 is 14.4 Å². The maximum atomic E-state index is 11.3. The number of nitrogens with one attached hydrogen (secondary N) is 2. The largest absolute Gasteiger partial charge is 0.468 e. The normalized spacial score (nSPS) is 13.0. The zero-order valence-corrected chi connectivity index (χ0v) is 12.2. The molecule has 2 heterocycles. The minimum absolute atomic E-state index is 0.0651. The van der Waals surface area contributed by atoms with Crippen LogP contribution in [0.3, 0.4) is 0 Å². The molecule has 3 rings (SSSR count). The zero-order chi connectivity index (χ0) is 12.7. The fourth-order valence-electron chi connectivity index (χ4n) is 1.86. The Labute approximate surface area is 119 Å². The van der Waals surface area contributed by atoms with Crippen molar-refractivity contribution in [2.24, 2.45) is 0 Å². The molecule has 0 aliphatic heterocycles. The van der Waals surface area contributed by atoms with Crippen molar-refractivity contribution in [2.75, 3.05) is 0 Å². The predicted octanol–water partition coefficient (Wildman–Crippen LogP) is 3.70. The summed E-state index contributed by atoms with van der Waals surface area (Å²) in [7, 11) is 0. The molecule has 18 heavy (non-hydrogen) atoms. The van der Waals surface area contributed by atoms with Gasteiger partial charge in [0.15, 0.2) is 0 Å². The minimum Gasteiger partial charge on any atom is -0.468 e. The Hall–Kier alpha value is -1.27. The Bertz CT molecular complexity index is 743. The second-order valence-electron chi connectivity index (χ2n) is 3.88. The van der Waals surface area contributed by atoms with Gasteiger partial charge in [-0.2, -0.15) is 0 Å². The van der Waals surface area contributed by atoms with Gasteiger partial charge in [-0.1, -0.05) is 31.9 Å². The highest BCUT2D eigenvalue weighted by molar-refractivity contribution is 9.11. The smallest absolute Gasteiger partial charge is 0.323 e. The van der Waals surface area contributed by atoms with Crippen molar-refractivity contribution in [3.05, 3.63) is 56.8 Å². The molecule has 1 atom stereocenters. The Kier molecular flexibility index (Phi) is 2.91. The van der Waals surface area contributed by atoms with Gasteiger partial charge in [0.25, 0.3) is 0 Å². The van der Waals surface area contributed by atoms with Crippen molar-refractivity contribution >= 4 is 42.9 Å². The Morgan fingerprint density at radius 2 is 1.94 bits per heavy atom. The summed E-state index contributed by atoms with van der Waals surface area (Å²) in [5, 5.41) is 0. The molecule has 1 aromatic carbocycles. The second kappa shape index (κ2) is 4.44. The van der Waals surface area contributed by atoms with Gasteiger partial charge in [-0.25, -0.2) is 4.79 Å². The van der Waals surface area contributed by atoms with E-state index < -0.39 is 0 Å². The van der Waals surface area contributed by atoms with Gasteiger partial charge in [-0.15, -0.1) is 0 Å². The number of alkyl halides is 1. The molecule has 0 aliphatic carbocycles. The SMILES string of the molecule is O=c1[nH]c2cc(Br)c(C(Br)c3ccco3)cc2[nH]1. The first-order valence-corrected chi connectivity index (χ1v) is 6.95. The molecule has 2 aromatic heterocycles. The first-order valence-electron chi connectivity index (χ1n) is 5.24. The van der Waals surface area contributed by atoms with Crippen molar-refractivity contribution in [1.29, 1.82) is 0 Å². The van der Waals surface area contributed by atoms with Crippen LogP contribution in [-0.2, 0) is 0 Å². The molecular formula is C12H8Br2N2O2. The van der Waals surface area contributed by atoms with Gasteiger partial charge in [0.05, 0.1) is 22.1 Å². The van der Waals surface area contributed by atoms with E-state index in [1.807, 2.05) is 24.3 Å². The number of hydrogen-bond acceptors (Lipinski definition) is 2. The molecule has 0 bridgehead atoms. The molecule has 0 spiro atoms. The topological polar surface area (TPSA) is 61.8 Å². The first kappa shape index (κ1) is 11.8. The molecule has 0 radical (unpaired) electrons. The highest BCUT2D eigenvalue weighted by Gasteiger charge is 2.17. The fourth-order valence-corrected chi connectivity index (χ4v) is 3.37. The molecule has 0 fully saturated rings. The third-order valence-electron chi connectivity index (χ3n) is 2.70. The summed E-state index contributed by atoms with van der Waals surface area (Å²) in [6.07, 6.45) is 1.63. The van der Waals surface area contributed by atoms with Crippen LogP contribution >= 0.6 is 31.9 Å². The highest BCUT2D eigenvalue weighted by atomic mass is 79.9. The Morgan fingerprint density at radius 3 is 2.61 bits per heavy atom. The summed E-state index contributed by atoms with van der Waals surface area (Å²) in [5.41, 5.74) is 2.33. The molecule has 6 heteroatoms. The van der Waals surface area contributed by atoms with Crippen LogP contribution in [0.25, 0.3) is 11.0 Å². The van der Waals surface area contributed by atoms with Crippen molar-refractivity contribution in [2.45, 2.75) is 4.83 Å². The maximum absolute atomic E-state index is 11.3. The third kappa shape index (κ3) is 1.95. The molecule has 92 valence electrons. The van der Waals surface area contributed by atoms with Crippen LogP contribution in [0.1, 0.15) is 16.2 Å². The van der Waals surface area contributed by atoms with E-state index >= 15 is 0 Å². The summed E-state index contributed by atoms with van der Waals surface area (Å²) < 4.78 is 6.28. The number of benzene rings is 1. The van der Waals surface area contributed by atoms with Crippen LogP contribution in [0, 0.1) is 0 Å². The van der Waals surface area contributed by atoms with E-state index in [9.17, 15) is 4.79 Å². The number of furan rings is 1. The fraction of sp³-hybridized carbons (Fsp3) is 0.0833. The lowest BCUT2D eigenvalue weighted by Crippen LogP contribution is -1.99. The third-order valence-corrected chi connectivity index (χ3v) is 4.33. The van der Waals surface area contributed by atoms with Gasteiger partial charge in [-0.05, 0) is 29.8 Å². The number of H-pyrrole nitrogens is 2. The van der Waals surface area contributed by atoms with E-state index in [1.165, 1.54) is 0 Å². The van der Waals surface area contributed by atoms with Crippen LogP contribution in [0.15, 0.2) is 44.2 Å². The van der Waals surface area contributed by atoms with Crippen molar-refractivity contribution in [3.8, 4) is 0 Å². The number of halogens is 2. The van der Waals surface area contributed by atoms with Crippen molar-refractivity contribution in [1.82, 2.24) is 9.97 Å². The zero-order valence-electron chi connectivity index (χ0n) is 9.04. The van der Waals surface area contributed by atoms with E-state index in [4.69, 9.17) is 4.42 Å². The molecule has 3 aromatic rings. The summed E-state index contributed by atoms with van der Waals surface area (Å²) in [6, 6.07) is 7.53. The summed E-state index contributed by atoms with van der Waals surface area (Å²) in [5.74, 6) is 0.813. The maximum Gasteiger partial charge on any atom is 0.323 e. The van der Waals surface area contributed by atoms with Crippen LogP contribution in [0.2, 0.25) is 0 Å². The molecule has 0 saturated heterocycles. The minimum atomic E-state index is -0.210. The van der Waals surface area contributed by atoms with Crippen molar-refractivity contribution < 1.29 is 4.42 Å². The highest BCUT2D eigenvalue weighted by Crippen LogP contribution is 2.36. The van der Waals surface area contributed by atoms with Gasteiger partial charge in [0.1, 0.15) is 5.76 Å². The van der Waals surface area contributed by atoms with E-state index in [0.717, 1.165) is 26.8 Å². The Balaban J connectivity index is 2.16. The lowest BCUT2D eigenvalue weighted by atomic mass is 10.1. The lowest BCUT2D eigenvalue weighted by Gasteiger charge is -2.09. The molecule has 0 saturated carbocycles. The molecule has 4 nitrogen and oxygen atoms in total. The van der Waals surface area contributed by atoms with Gasteiger partial charge in [-0.3, -0.25) is 0 Å². The van der Waals surface area contributed by atoms with E-state index in [1.54, 1.807) is 6.26 Å². The van der Waals surface area contributed by atoms with Crippen LogP contribution in [-0.4, -0.2) is 9.97 Å². The van der Waals surface area contributed by atoms with Crippen LogP contribution in [0.5, 0.6) is 0 Å². The number of rotatable bonds is 2. The standard InChI is InChI=1S/C12H8Br2N2O2/c13-7-5-9-8(15-12(17)16-9)4-6(7)11(14)10-2-1-3-18-10/h1-5,11H,(H2,15,16,17). The molecule has 0 aliphatic rings. The second-order valence-corrected chi connectivity index (χ2v) is 5.65. The van der Waals surface area contributed by atoms with E-state index in [-0.39, 0.29) is 10.5 Å². The number of aromatic amines is 2. The number of aromatic nitrogens is 2. The quantitative estimate of drug-likeness (QED) is 0.674. The lowest BCUT2D eigenvalue weighted by molar-refractivity contribution is 0.519. The summed E-state index contributed by atoms with van der Waals surface area (Å²) in [4.78, 5) is 16.7. The Morgan fingerprint density at radius 1 is 1.22 bits per heavy atom. The molecule has 1 unspecified atom stereocenters. The average Bonchev–Trinajstić information content (AvgIpc) is 2.94. The van der Waals surface area contributed by atoms with Gasteiger partial charge in [0, 0.05) is 4.47 Å².